The topological polar surface area (TPSA) is 83.5 Å². The zero-order chi connectivity index (χ0) is 19.1. The van der Waals surface area contributed by atoms with Crippen LogP contribution in [0.3, 0.4) is 0 Å². The van der Waals surface area contributed by atoms with E-state index in [4.69, 9.17) is 4.74 Å². The van der Waals surface area contributed by atoms with E-state index >= 15 is 0 Å². The molecule has 3 aromatic carbocycles. The fourth-order valence-corrected chi connectivity index (χ4v) is 8.25. The van der Waals surface area contributed by atoms with Crippen molar-refractivity contribution in [1.29, 1.82) is 0 Å². The van der Waals surface area contributed by atoms with Gasteiger partial charge in [0, 0.05) is 3.57 Å². The predicted octanol–water partition coefficient (Wildman–Crippen LogP) is 4.78. The minimum atomic E-state index is -4.70. The van der Waals surface area contributed by atoms with E-state index in [9.17, 15) is 17.8 Å². The maximum absolute atomic E-state index is 12.7. The van der Waals surface area contributed by atoms with Crippen molar-refractivity contribution in [3.63, 3.8) is 0 Å². The number of fused-ring (bicyclic) bond motifs is 1. The standard InChI is InChI=1S/C17H9I3O5S/c18-12-8-13(19)16(26(22,23)24)14(20)15(12)25-17(21)11-7-3-5-9-4-1-2-6-10(9)11/h1-8H,(H,22,23,24)/p-1. The molecule has 0 aliphatic heterocycles. The van der Waals surface area contributed by atoms with E-state index < -0.39 is 16.1 Å². The Morgan fingerprint density at radius 3 is 2.31 bits per heavy atom. The van der Waals surface area contributed by atoms with Gasteiger partial charge in [0.1, 0.15) is 10.1 Å². The average molecular weight is 705 g/mol. The third-order valence-corrected chi connectivity index (χ3v) is 7.88. The summed E-state index contributed by atoms with van der Waals surface area (Å²) in [6, 6.07) is 14.1. The lowest BCUT2D eigenvalue weighted by atomic mass is 10.0. The molecule has 0 radical (unpaired) electrons. The first-order valence-corrected chi connectivity index (χ1v) is 11.7. The van der Waals surface area contributed by atoms with E-state index in [1.54, 1.807) is 57.3 Å². The Morgan fingerprint density at radius 1 is 0.962 bits per heavy atom. The Hall–Kier alpha value is -0.510. The molecule has 0 aromatic heterocycles. The molecule has 0 saturated carbocycles. The highest BCUT2D eigenvalue weighted by Gasteiger charge is 2.22. The van der Waals surface area contributed by atoms with Gasteiger partial charge in [-0.05, 0) is 90.7 Å². The quantitative estimate of drug-likeness (QED) is 0.170. The molecule has 3 rings (SSSR count). The molecule has 3 aromatic rings. The van der Waals surface area contributed by atoms with Crippen molar-refractivity contribution in [2.45, 2.75) is 4.90 Å². The number of benzene rings is 3. The van der Waals surface area contributed by atoms with Crippen molar-refractivity contribution < 1.29 is 22.5 Å². The summed E-state index contributed by atoms with van der Waals surface area (Å²) in [6.45, 7) is 0. The number of carbonyl (C=O) groups is 1. The first-order chi connectivity index (χ1) is 12.2. The van der Waals surface area contributed by atoms with Crippen LogP contribution < -0.4 is 4.74 Å². The number of hydrogen-bond donors (Lipinski definition) is 0. The van der Waals surface area contributed by atoms with Crippen molar-refractivity contribution in [2.24, 2.45) is 0 Å². The number of hydrogen-bond acceptors (Lipinski definition) is 5. The van der Waals surface area contributed by atoms with Gasteiger partial charge in [0.15, 0.2) is 5.75 Å². The van der Waals surface area contributed by atoms with Gasteiger partial charge in [0.2, 0.25) is 0 Å². The average Bonchev–Trinajstić information content (AvgIpc) is 2.56. The van der Waals surface area contributed by atoms with Crippen LogP contribution in [-0.4, -0.2) is 18.9 Å². The lowest BCUT2D eigenvalue weighted by Crippen LogP contribution is -2.13. The van der Waals surface area contributed by atoms with Crippen LogP contribution in [0.2, 0.25) is 0 Å². The molecule has 0 atom stereocenters. The van der Waals surface area contributed by atoms with Crippen molar-refractivity contribution in [3.8, 4) is 5.75 Å². The molecule has 0 amide bonds. The summed E-state index contributed by atoms with van der Waals surface area (Å²) in [4.78, 5) is 12.3. The van der Waals surface area contributed by atoms with E-state index in [1.165, 1.54) is 6.07 Å². The molecule has 9 heteroatoms. The Balaban J connectivity index is 2.10. The summed E-state index contributed by atoms with van der Waals surface area (Å²) in [5, 5.41) is 1.61. The van der Waals surface area contributed by atoms with Crippen LogP contribution in [0.4, 0.5) is 0 Å². The summed E-state index contributed by atoms with van der Waals surface area (Å²) < 4.78 is 41.1. The Kier molecular flexibility index (Phi) is 6.11. The van der Waals surface area contributed by atoms with Crippen molar-refractivity contribution in [1.82, 2.24) is 0 Å². The van der Waals surface area contributed by atoms with Gasteiger partial charge in [0.25, 0.3) is 0 Å². The summed E-state index contributed by atoms with van der Waals surface area (Å²) in [5.74, 6) is -0.549. The lowest BCUT2D eigenvalue weighted by molar-refractivity contribution is 0.0733. The molecular weight excluding hydrogens is 697 g/mol. The minimum Gasteiger partial charge on any atom is -0.744 e. The zero-order valence-electron chi connectivity index (χ0n) is 12.7. The van der Waals surface area contributed by atoms with Crippen LogP contribution in [0.5, 0.6) is 5.75 Å². The van der Waals surface area contributed by atoms with Gasteiger partial charge in [-0.25, -0.2) is 13.2 Å². The Morgan fingerprint density at radius 2 is 1.62 bits per heavy atom. The smallest absolute Gasteiger partial charge is 0.344 e. The number of rotatable bonds is 3. The highest BCUT2D eigenvalue weighted by Crippen LogP contribution is 2.36. The van der Waals surface area contributed by atoms with Crippen molar-refractivity contribution >= 4 is 94.6 Å². The number of carbonyl (C=O) groups excluding carboxylic acids is 1. The van der Waals surface area contributed by atoms with Gasteiger partial charge in [-0.2, -0.15) is 0 Å². The van der Waals surface area contributed by atoms with E-state index in [0.29, 0.717) is 9.13 Å². The fourth-order valence-electron chi connectivity index (χ4n) is 2.43. The molecule has 5 nitrogen and oxygen atoms in total. The Bertz CT molecular complexity index is 1140. The molecule has 0 heterocycles. The second-order valence-corrected chi connectivity index (χ2v) is 9.90. The van der Waals surface area contributed by atoms with Crippen LogP contribution in [-0.2, 0) is 10.1 Å². The Labute approximate surface area is 190 Å². The monoisotopic (exact) mass is 705 g/mol. The molecular formula is C17H8I3O5S-. The maximum Gasteiger partial charge on any atom is 0.344 e. The molecule has 0 unspecified atom stereocenters. The lowest BCUT2D eigenvalue weighted by Gasteiger charge is -2.17. The summed E-state index contributed by atoms with van der Waals surface area (Å²) in [7, 11) is -4.70. The first-order valence-electron chi connectivity index (χ1n) is 7.03. The van der Waals surface area contributed by atoms with E-state index in [0.717, 1.165) is 10.8 Å². The predicted molar refractivity (Wildman–Crippen MR) is 121 cm³/mol. The van der Waals surface area contributed by atoms with Gasteiger partial charge in [-0.3, -0.25) is 0 Å². The zero-order valence-corrected chi connectivity index (χ0v) is 20.0. The van der Waals surface area contributed by atoms with Gasteiger partial charge in [-0.15, -0.1) is 0 Å². The molecule has 0 N–H and O–H groups in total. The largest absolute Gasteiger partial charge is 0.744 e. The molecule has 134 valence electrons. The molecule has 0 fully saturated rings. The SMILES string of the molecule is O=C(Oc1c(I)cc(I)c(S(=O)(=O)[O-])c1I)c1cccc2ccccc12. The number of halogens is 3. The van der Waals surface area contributed by atoms with Crippen LogP contribution in [0.15, 0.2) is 53.4 Å². The molecule has 0 bridgehead atoms. The molecule has 0 spiro atoms. The molecule has 26 heavy (non-hydrogen) atoms. The summed E-state index contributed by atoms with van der Waals surface area (Å²) >= 11 is 5.45. The highest BCUT2D eigenvalue weighted by molar-refractivity contribution is 14.1. The van der Waals surface area contributed by atoms with Gasteiger partial charge in [-0.1, -0.05) is 36.4 Å². The van der Waals surface area contributed by atoms with E-state index in [2.05, 4.69) is 0 Å². The van der Waals surface area contributed by atoms with Crippen molar-refractivity contribution in [3.05, 3.63) is 64.8 Å². The maximum atomic E-state index is 12.7. The van der Waals surface area contributed by atoms with Crippen LogP contribution in [0, 0.1) is 10.7 Å². The second-order valence-electron chi connectivity index (χ2n) is 5.18. The van der Waals surface area contributed by atoms with Crippen LogP contribution >= 0.6 is 67.8 Å². The van der Waals surface area contributed by atoms with Crippen LogP contribution in [0.1, 0.15) is 10.4 Å². The number of ether oxygens (including phenoxy) is 1. The van der Waals surface area contributed by atoms with Crippen LogP contribution in [0.25, 0.3) is 10.8 Å². The minimum absolute atomic E-state index is 0.0685. The fraction of sp³-hybridized carbons (Fsp3) is 0. The van der Waals surface area contributed by atoms with E-state index in [1.807, 2.05) is 52.9 Å². The second kappa shape index (κ2) is 7.85. The first kappa shape index (κ1) is 20.2. The summed E-state index contributed by atoms with van der Waals surface area (Å²) in [5.41, 5.74) is 0.361. The third kappa shape index (κ3) is 4.00. The molecule has 0 saturated heterocycles. The number of esters is 1. The van der Waals surface area contributed by atoms with Gasteiger partial charge < -0.3 is 9.29 Å². The summed E-state index contributed by atoms with van der Waals surface area (Å²) in [6.07, 6.45) is 0. The molecule has 0 aliphatic rings. The third-order valence-electron chi connectivity index (χ3n) is 3.54. The molecule has 0 aliphatic carbocycles. The van der Waals surface area contributed by atoms with Gasteiger partial charge in [0.05, 0.1) is 17.6 Å². The normalized spacial score (nSPS) is 11.5. The van der Waals surface area contributed by atoms with E-state index in [-0.39, 0.29) is 17.8 Å². The van der Waals surface area contributed by atoms with Crippen molar-refractivity contribution in [2.75, 3.05) is 0 Å². The van der Waals surface area contributed by atoms with Gasteiger partial charge >= 0.3 is 5.97 Å². The highest BCUT2D eigenvalue weighted by atomic mass is 127.